The SMILES string of the molecule is O=C(c1cc(S(=O)(=O)F)c[nH]1)N1[C@@H]2CC[C@H]1CC(c1ccccc1)C2. The number of piperidine rings is 1. The molecule has 3 atom stereocenters. The molecule has 1 amide bonds. The number of aromatic nitrogens is 1. The van der Waals surface area contributed by atoms with Crippen molar-refractivity contribution >= 4 is 16.1 Å². The Kier molecular flexibility index (Phi) is 3.91. The van der Waals surface area contributed by atoms with E-state index in [-0.39, 0.29) is 23.7 Å². The summed E-state index contributed by atoms with van der Waals surface area (Å²) in [6.07, 6.45) is 4.74. The van der Waals surface area contributed by atoms with Crippen molar-refractivity contribution in [3.63, 3.8) is 0 Å². The van der Waals surface area contributed by atoms with E-state index in [0.717, 1.165) is 37.9 Å². The van der Waals surface area contributed by atoms with Crippen molar-refractivity contribution in [2.45, 2.75) is 48.6 Å². The van der Waals surface area contributed by atoms with Gasteiger partial charge in [-0.15, -0.1) is 3.89 Å². The lowest BCUT2D eigenvalue weighted by molar-refractivity contribution is 0.0566. The molecule has 7 heteroatoms. The lowest BCUT2D eigenvalue weighted by Gasteiger charge is -2.39. The van der Waals surface area contributed by atoms with Crippen LogP contribution < -0.4 is 0 Å². The first kappa shape index (κ1) is 16.3. The fourth-order valence-corrected chi connectivity index (χ4v) is 4.74. The van der Waals surface area contributed by atoms with Crippen molar-refractivity contribution in [3.05, 3.63) is 53.9 Å². The molecule has 1 aromatic carbocycles. The summed E-state index contributed by atoms with van der Waals surface area (Å²) in [6, 6.07) is 11.7. The molecule has 0 radical (unpaired) electrons. The molecule has 1 aromatic heterocycles. The van der Waals surface area contributed by atoms with Crippen molar-refractivity contribution in [2.75, 3.05) is 0 Å². The number of amides is 1. The molecule has 0 spiro atoms. The van der Waals surface area contributed by atoms with Gasteiger partial charge in [0.1, 0.15) is 10.6 Å². The largest absolute Gasteiger partial charge is 0.356 e. The maximum Gasteiger partial charge on any atom is 0.333 e. The number of H-pyrrole nitrogens is 1. The Morgan fingerprint density at radius 3 is 2.32 bits per heavy atom. The van der Waals surface area contributed by atoms with Crippen molar-refractivity contribution in [1.82, 2.24) is 9.88 Å². The predicted octanol–water partition coefficient (Wildman–Crippen LogP) is 3.22. The number of halogens is 1. The first-order valence-corrected chi connectivity index (χ1v) is 9.82. The summed E-state index contributed by atoms with van der Waals surface area (Å²) >= 11 is 0. The fraction of sp³-hybridized carbons (Fsp3) is 0.389. The molecule has 2 aromatic rings. The van der Waals surface area contributed by atoms with Crippen LogP contribution in [0.3, 0.4) is 0 Å². The summed E-state index contributed by atoms with van der Waals surface area (Å²) in [5.41, 5.74) is 1.43. The third-order valence-electron chi connectivity index (χ3n) is 5.41. The minimum Gasteiger partial charge on any atom is -0.356 e. The molecule has 5 nitrogen and oxygen atoms in total. The Morgan fingerprint density at radius 1 is 1.12 bits per heavy atom. The average molecular weight is 362 g/mol. The minimum atomic E-state index is -4.80. The molecule has 2 fully saturated rings. The Bertz CT molecular complexity index is 880. The molecule has 2 saturated heterocycles. The molecule has 2 aliphatic heterocycles. The molecule has 25 heavy (non-hydrogen) atoms. The lowest BCUT2D eigenvalue weighted by atomic mass is 9.85. The van der Waals surface area contributed by atoms with E-state index in [1.807, 2.05) is 23.1 Å². The quantitative estimate of drug-likeness (QED) is 0.852. The second-order valence-electron chi connectivity index (χ2n) is 6.86. The molecule has 1 N–H and O–H groups in total. The first-order valence-electron chi connectivity index (χ1n) is 8.44. The second kappa shape index (κ2) is 5.98. The number of carbonyl (C=O) groups excluding carboxylic acids is 1. The van der Waals surface area contributed by atoms with Gasteiger partial charge in [-0.1, -0.05) is 30.3 Å². The third kappa shape index (κ3) is 2.97. The normalized spacial score (nSPS) is 26.0. The van der Waals surface area contributed by atoms with E-state index >= 15 is 0 Å². The average Bonchev–Trinajstić information content (AvgIpc) is 3.18. The summed E-state index contributed by atoms with van der Waals surface area (Å²) in [5, 5.41) is 0. The molecule has 2 aliphatic rings. The number of hydrogen-bond acceptors (Lipinski definition) is 3. The van der Waals surface area contributed by atoms with Gasteiger partial charge in [-0.25, -0.2) is 0 Å². The van der Waals surface area contributed by atoms with E-state index in [4.69, 9.17) is 0 Å². The van der Waals surface area contributed by atoms with Crippen molar-refractivity contribution in [2.24, 2.45) is 0 Å². The maximum absolute atomic E-state index is 13.1. The van der Waals surface area contributed by atoms with E-state index in [2.05, 4.69) is 17.1 Å². The number of benzene rings is 1. The maximum atomic E-state index is 13.1. The van der Waals surface area contributed by atoms with Crippen LogP contribution in [0.4, 0.5) is 3.89 Å². The van der Waals surface area contributed by atoms with E-state index in [9.17, 15) is 17.1 Å². The van der Waals surface area contributed by atoms with Crippen LogP contribution in [0.15, 0.2) is 47.5 Å². The number of nitrogens with one attached hydrogen (secondary N) is 1. The highest BCUT2D eigenvalue weighted by Gasteiger charge is 2.44. The zero-order chi connectivity index (χ0) is 17.6. The summed E-state index contributed by atoms with van der Waals surface area (Å²) in [4.78, 5) is 16.8. The van der Waals surface area contributed by atoms with E-state index in [1.54, 1.807) is 0 Å². The van der Waals surface area contributed by atoms with E-state index in [1.165, 1.54) is 5.56 Å². The Morgan fingerprint density at radius 2 is 1.76 bits per heavy atom. The summed E-state index contributed by atoms with van der Waals surface area (Å²) in [5.74, 6) is 0.196. The lowest BCUT2D eigenvalue weighted by Crippen LogP contribution is -2.46. The second-order valence-corrected chi connectivity index (χ2v) is 8.21. The molecule has 4 rings (SSSR count). The summed E-state index contributed by atoms with van der Waals surface area (Å²) in [7, 11) is -4.80. The Labute approximate surface area is 146 Å². The van der Waals surface area contributed by atoms with Crippen LogP contribution in [-0.4, -0.2) is 36.3 Å². The molecule has 0 saturated carbocycles. The van der Waals surface area contributed by atoms with Crippen LogP contribution in [0, 0.1) is 0 Å². The summed E-state index contributed by atoms with van der Waals surface area (Å²) in [6.45, 7) is 0. The number of fused-ring (bicyclic) bond motifs is 2. The molecule has 132 valence electrons. The minimum absolute atomic E-state index is 0.131. The number of aromatic amines is 1. The van der Waals surface area contributed by atoms with Crippen LogP contribution in [-0.2, 0) is 10.2 Å². The smallest absolute Gasteiger partial charge is 0.333 e. The van der Waals surface area contributed by atoms with Gasteiger partial charge in [-0.05, 0) is 43.2 Å². The molecule has 1 unspecified atom stereocenters. The van der Waals surface area contributed by atoms with Gasteiger partial charge in [0.2, 0.25) is 0 Å². The number of hydrogen-bond donors (Lipinski definition) is 1. The predicted molar refractivity (Wildman–Crippen MR) is 90.5 cm³/mol. The van der Waals surface area contributed by atoms with Crippen LogP contribution in [0.1, 0.15) is 47.7 Å². The standard InChI is InChI=1S/C18H19FN2O3S/c19-25(23,24)16-10-17(20-11-16)18(22)21-14-6-7-15(21)9-13(8-14)12-4-2-1-3-5-12/h1-5,10-11,13-15,20H,6-9H2/t13?,14-,15+. The molecule has 3 heterocycles. The van der Waals surface area contributed by atoms with Gasteiger partial charge in [0.05, 0.1) is 0 Å². The van der Waals surface area contributed by atoms with Gasteiger partial charge in [0, 0.05) is 18.3 Å². The van der Waals surface area contributed by atoms with Crippen LogP contribution >= 0.6 is 0 Å². The first-order chi connectivity index (χ1) is 11.9. The van der Waals surface area contributed by atoms with Crippen LogP contribution in [0.25, 0.3) is 0 Å². The van der Waals surface area contributed by atoms with Gasteiger partial charge in [-0.3, -0.25) is 4.79 Å². The van der Waals surface area contributed by atoms with Crippen LogP contribution in [0.2, 0.25) is 0 Å². The zero-order valence-corrected chi connectivity index (χ0v) is 14.4. The van der Waals surface area contributed by atoms with E-state index in [0.29, 0.717) is 5.92 Å². The fourth-order valence-electron chi connectivity index (χ4n) is 4.28. The monoisotopic (exact) mass is 362 g/mol. The topological polar surface area (TPSA) is 70.2 Å². The molecular formula is C18H19FN2O3S. The number of nitrogens with zero attached hydrogens (tertiary/aromatic N) is 1. The van der Waals surface area contributed by atoms with Gasteiger partial charge in [-0.2, -0.15) is 8.42 Å². The zero-order valence-electron chi connectivity index (χ0n) is 13.6. The highest BCUT2D eigenvalue weighted by Crippen LogP contribution is 2.43. The van der Waals surface area contributed by atoms with Gasteiger partial charge >= 0.3 is 10.2 Å². The number of rotatable bonds is 3. The molecule has 0 aliphatic carbocycles. The van der Waals surface area contributed by atoms with Crippen molar-refractivity contribution in [3.8, 4) is 0 Å². The highest BCUT2D eigenvalue weighted by atomic mass is 32.3. The number of carbonyl (C=O) groups is 1. The molecule has 2 bridgehead atoms. The third-order valence-corrected chi connectivity index (χ3v) is 6.21. The van der Waals surface area contributed by atoms with E-state index < -0.39 is 15.1 Å². The van der Waals surface area contributed by atoms with Crippen molar-refractivity contribution in [1.29, 1.82) is 0 Å². The van der Waals surface area contributed by atoms with Crippen LogP contribution in [0.5, 0.6) is 0 Å². The Balaban J connectivity index is 1.55. The summed E-state index contributed by atoms with van der Waals surface area (Å²) < 4.78 is 35.0. The Hall–Kier alpha value is -2.15. The highest BCUT2D eigenvalue weighted by molar-refractivity contribution is 7.86. The molecular weight excluding hydrogens is 343 g/mol. The van der Waals surface area contributed by atoms with Gasteiger partial charge in [0.15, 0.2) is 0 Å². The van der Waals surface area contributed by atoms with Gasteiger partial charge in [0.25, 0.3) is 5.91 Å². The van der Waals surface area contributed by atoms with Gasteiger partial charge < -0.3 is 9.88 Å². The van der Waals surface area contributed by atoms with Crippen molar-refractivity contribution < 1.29 is 17.1 Å².